The summed E-state index contributed by atoms with van der Waals surface area (Å²) in [5.41, 5.74) is -1.18. The Kier molecular flexibility index (Phi) is 6.08. The molecule has 0 radical (unpaired) electrons. The van der Waals surface area contributed by atoms with E-state index < -0.39 is 21.6 Å². The lowest BCUT2D eigenvalue weighted by atomic mass is 9.95. The van der Waals surface area contributed by atoms with Gasteiger partial charge in [0.15, 0.2) is 0 Å². The fourth-order valence-corrected chi connectivity index (χ4v) is 4.85. The van der Waals surface area contributed by atoms with Gasteiger partial charge in [-0.2, -0.15) is 0 Å². The van der Waals surface area contributed by atoms with E-state index in [2.05, 4.69) is 9.46 Å². The molecule has 0 aliphatic heterocycles. The van der Waals surface area contributed by atoms with Crippen molar-refractivity contribution in [1.29, 1.82) is 0 Å². The number of esters is 1. The van der Waals surface area contributed by atoms with Gasteiger partial charge in [0.1, 0.15) is 16.2 Å². The summed E-state index contributed by atoms with van der Waals surface area (Å²) in [6, 6.07) is 8.94. The molecule has 8 nitrogen and oxygen atoms in total. The summed E-state index contributed by atoms with van der Waals surface area (Å²) >= 11 is 1.28. The number of hydrogen-bond donors (Lipinski definition) is 2. The molecule has 2 N–H and O–H groups in total. The van der Waals surface area contributed by atoms with Crippen molar-refractivity contribution in [2.75, 3.05) is 20.8 Å². The van der Waals surface area contributed by atoms with Crippen LogP contribution < -0.4 is 9.46 Å². The Bertz CT molecular complexity index is 1040. The molecule has 10 heteroatoms. The van der Waals surface area contributed by atoms with Crippen LogP contribution in [0.25, 0.3) is 0 Å². The molecule has 29 heavy (non-hydrogen) atoms. The second kappa shape index (κ2) is 8.37. The molecule has 0 aliphatic rings. The number of nitrogens with one attached hydrogen (secondary N) is 1. The van der Waals surface area contributed by atoms with E-state index in [1.165, 1.54) is 50.2 Å². The Hall–Kier alpha value is -2.66. The number of carbonyl (C=O) groups is 1. The summed E-state index contributed by atoms with van der Waals surface area (Å²) in [5.74, 6) is -0.634. The lowest BCUT2D eigenvalue weighted by Gasteiger charge is -2.26. The van der Waals surface area contributed by atoms with Gasteiger partial charge in [-0.3, -0.25) is 0 Å². The Morgan fingerprint density at radius 3 is 2.66 bits per heavy atom. The van der Waals surface area contributed by atoms with Crippen molar-refractivity contribution in [3.05, 3.63) is 70.3 Å². The zero-order valence-corrected chi connectivity index (χ0v) is 17.2. The van der Waals surface area contributed by atoms with Crippen LogP contribution in [-0.2, 0) is 20.4 Å². The number of furan rings is 1. The predicted octanol–water partition coefficient (Wildman–Crippen LogP) is 2.35. The van der Waals surface area contributed by atoms with Crippen molar-refractivity contribution in [3.8, 4) is 5.75 Å². The molecule has 0 aliphatic carbocycles. The zero-order valence-electron chi connectivity index (χ0n) is 15.6. The van der Waals surface area contributed by atoms with Crippen molar-refractivity contribution in [2.24, 2.45) is 0 Å². The highest BCUT2D eigenvalue weighted by molar-refractivity contribution is 7.89. The molecule has 154 valence electrons. The molecule has 0 spiro atoms. The Morgan fingerprint density at radius 2 is 2.07 bits per heavy atom. The van der Waals surface area contributed by atoms with E-state index in [-0.39, 0.29) is 22.8 Å². The number of aliphatic hydroxyl groups is 1. The van der Waals surface area contributed by atoms with Crippen LogP contribution in [0.3, 0.4) is 0 Å². The van der Waals surface area contributed by atoms with Crippen LogP contribution in [0.5, 0.6) is 5.75 Å². The van der Waals surface area contributed by atoms with Crippen LogP contribution >= 0.6 is 11.3 Å². The summed E-state index contributed by atoms with van der Waals surface area (Å²) in [7, 11) is -1.63. The third kappa shape index (κ3) is 4.20. The number of ether oxygens (including phenoxy) is 2. The fraction of sp³-hybridized carbons (Fsp3) is 0.211. The number of hydrogen-bond acceptors (Lipinski definition) is 8. The van der Waals surface area contributed by atoms with E-state index in [1.54, 1.807) is 23.6 Å². The van der Waals surface area contributed by atoms with Crippen molar-refractivity contribution >= 4 is 27.3 Å². The predicted molar refractivity (Wildman–Crippen MR) is 106 cm³/mol. The van der Waals surface area contributed by atoms with E-state index in [0.29, 0.717) is 10.4 Å². The minimum atomic E-state index is -4.15. The molecule has 0 unspecified atom stereocenters. The molecule has 0 saturated carbocycles. The minimum Gasteiger partial charge on any atom is -0.495 e. The summed E-state index contributed by atoms with van der Waals surface area (Å²) in [5, 5.41) is 13.0. The van der Waals surface area contributed by atoms with E-state index >= 15 is 0 Å². The molecule has 0 bridgehead atoms. The van der Waals surface area contributed by atoms with Crippen LogP contribution in [0.15, 0.2) is 63.6 Å². The molecule has 1 atom stereocenters. The highest BCUT2D eigenvalue weighted by Crippen LogP contribution is 2.33. The van der Waals surface area contributed by atoms with Gasteiger partial charge in [0.25, 0.3) is 0 Å². The lowest BCUT2D eigenvalue weighted by Crippen LogP contribution is -2.41. The molecule has 2 aromatic heterocycles. The van der Waals surface area contributed by atoms with Crippen LogP contribution in [0.2, 0.25) is 0 Å². The van der Waals surface area contributed by atoms with E-state index in [1.807, 2.05) is 0 Å². The standard InChI is InChI=1S/C19H19NO7S2/c1-25-15-6-5-13(18(21)26-2)10-16(15)29(23,24)20-12-19(22,14-7-8-27-11-14)17-4-3-9-28-17/h3-11,20,22H,12H2,1-2H3/t19-/m0/s1. The molecular formula is C19H19NO7S2. The average Bonchev–Trinajstić information content (AvgIpc) is 3.45. The number of benzene rings is 1. The lowest BCUT2D eigenvalue weighted by molar-refractivity contribution is 0.0600. The number of methoxy groups -OCH3 is 2. The fourth-order valence-electron chi connectivity index (χ4n) is 2.75. The highest BCUT2D eigenvalue weighted by Gasteiger charge is 2.36. The molecular weight excluding hydrogens is 418 g/mol. The normalized spacial score (nSPS) is 13.6. The van der Waals surface area contributed by atoms with E-state index in [0.717, 1.165) is 6.07 Å². The second-order valence-electron chi connectivity index (χ2n) is 6.03. The SMILES string of the molecule is COC(=O)c1ccc(OC)c(S(=O)(=O)NC[C@](O)(c2ccoc2)c2cccs2)c1. The summed E-state index contributed by atoms with van der Waals surface area (Å²) in [6.45, 7) is -0.360. The van der Waals surface area contributed by atoms with Crippen LogP contribution in [0.1, 0.15) is 20.8 Å². The van der Waals surface area contributed by atoms with Gasteiger partial charge in [-0.25, -0.2) is 17.9 Å². The summed E-state index contributed by atoms with van der Waals surface area (Å²) in [4.78, 5) is 12.1. The van der Waals surface area contributed by atoms with Gasteiger partial charge in [0.2, 0.25) is 10.0 Å². The smallest absolute Gasteiger partial charge is 0.337 e. The molecule has 2 heterocycles. The maximum absolute atomic E-state index is 13.0. The van der Waals surface area contributed by atoms with Crippen molar-refractivity contribution < 1.29 is 32.2 Å². The largest absolute Gasteiger partial charge is 0.495 e. The Labute approximate surface area is 171 Å². The van der Waals surface area contributed by atoms with Gasteiger partial charge < -0.3 is 19.0 Å². The second-order valence-corrected chi connectivity index (χ2v) is 8.71. The first-order valence-electron chi connectivity index (χ1n) is 8.37. The van der Waals surface area contributed by atoms with Crippen LogP contribution in [0.4, 0.5) is 0 Å². The van der Waals surface area contributed by atoms with Gasteiger partial charge in [0.05, 0.1) is 32.3 Å². The quantitative estimate of drug-likeness (QED) is 0.520. The highest BCUT2D eigenvalue weighted by atomic mass is 32.2. The topological polar surface area (TPSA) is 115 Å². The first-order chi connectivity index (χ1) is 13.8. The number of sulfonamides is 1. The van der Waals surface area contributed by atoms with Gasteiger partial charge in [0, 0.05) is 17.0 Å². The molecule has 1 aromatic carbocycles. The van der Waals surface area contributed by atoms with Crippen molar-refractivity contribution in [2.45, 2.75) is 10.5 Å². The van der Waals surface area contributed by atoms with Crippen molar-refractivity contribution in [1.82, 2.24) is 4.72 Å². The Morgan fingerprint density at radius 1 is 1.28 bits per heavy atom. The summed E-state index contributed by atoms with van der Waals surface area (Å²) in [6.07, 6.45) is 2.75. The monoisotopic (exact) mass is 437 g/mol. The minimum absolute atomic E-state index is 0.0492. The molecule has 3 rings (SSSR count). The number of rotatable bonds is 8. The van der Waals surface area contributed by atoms with Gasteiger partial charge in [-0.1, -0.05) is 6.07 Å². The van der Waals surface area contributed by atoms with Gasteiger partial charge in [-0.15, -0.1) is 11.3 Å². The van der Waals surface area contributed by atoms with Gasteiger partial charge in [-0.05, 0) is 35.7 Å². The first-order valence-corrected chi connectivity index (χ1v) is 10.7. The van der Waals surface area contributed by atoms with E-state index in [9.17, 15) is 18.3 Å². The molecule has 0 fully saturated rings. The average molecular weight is 437 g/mol. The van der Waals surface area contributed by atoms with Crippen LogP contribution in [0, 0.1) is 0 Å². The third-order valence-corrected chi connectivity index (χ3v) is 6.76. The van der Waals surface area contributed by atoms with E-state index in [4.69, 9.17) is 9.15 Å². The number of carbonyl (C=O) groups excluding carboxylic acids is 1. The maximum Gasteiger partial charge on any atom is 0.337 e. The molecule has 0 saturated heterocycles. The number of thiophene rings is 1. The first kappa shape index (κ1) is 21.1. The van der Waals surface area contributed by atoms with Crippen LogP contribution in [-0.4, -0.2) is 40.3 Å². The molecule has 3 aromatic rings. The third-order valence-electron chi connectivity index (χ3n) is 4.32. The Balaban J connectivity index is 1.96. The molecule has 0 amide bonds. The summed E-state index contributed by atoms with van der Waals surface area (Å²) < 4.78 is 43.2. The maximum atomic E-state index is 13.0. The zero-order chi connectivity index (χ0) is 21.1. The van der Waals surface area contributed by atoms with Gasteiger partial charge >= 0.3 is 5.97 Å². The van der Waals surface area contributed by atoms with Crippen molar-refractivity contribution in [3.63, 3.8) is 0 Å².